The second kappa shape index (κ2) is 12.2. The molecule has 0 saturated carbocycles. The van der Waals surface area contributed by atoms with Crippen LogP contribution in [0.3, 0.4) is 0 Å². The van der Waals surface area contributed by atoms with Gasteiger partial charge in [0.1, 0.15) is 10.7 Å². The van der Waals surface area contributed by atoms with Crippen molar-refractivity contribution in [2.75, 3.05) is 43.9 Å². The zero-order chi connectivity index (χ0) is 26.5. The van der Waals surface area contributed by atoms with Crippen LogP contribution in [0.25, 0.3) is 0 Å². The summed E-state index contributed by atoms with van der Waals surface area (Å²) in [5.41, 5.74) is 1.17. The standard InChI is InChI=1S/C19H23ClN6O4S2.C4H10/c1-12-9-13(30-11-12)10-21-18-19(24-31-23-18)22-15-4-3-14(20)17(16(15)27)32(28,29)26-7-5-25(2)6-8-26;1-4(2)3/h3-4,9,11,27H,5-8,10H2,1-2H3,(H,21,23)(H,22,24);4H,1-3H3. The van der Waals surface area contributed by atoms with Crippen LogP contribution in [0, 0.1) is 12.8 Å². The summed E-state index contributed by atoms with van der Waals surface area (Å²) in [6.45, 7) is 10.7. The Balaban J connectivity index is 0.000000840. The first kappa shape index (κ1) is 28.2. The number of aromatic nitrogens is 2. The fourth-order valence-electron chi connectivity index (χ4n) is 3.32. The maximum absolute atomic E-state index is 13.2. The summed E-state index contributed by atoms with van der Waals surface area (Å²) in [5, 5.41) is 16.9. The number of aromatic hydroxyl groups is 1. The van der Waals surface area contributed by atoms with E-state index in [1.54, 1.807) is 6.26 Å². The van der Waals surface area contributed by atoms with Gasteiger partial charge in [0.15, 0.2) is 17.4 Å². The van der Waals surface area contributed by atoms with Gasteiger partial charge in [-0.2, -0.15) is 13.1 Å². The maximum atomic E-state index is 13.2. The fourth-order valence-corrected chi connectivity index (χ4v) is 5.82. The van der Waals surface area contributed by atoms with Crippen LogP contribution < -0.4 is 10.6 Å². The van der Waals surface area contributed by atoms with Crippen LogP contribution >= 0.6 is 23.3 Å². The molecule has 13 heteroatoms. The molecule has 0 unspecified atom stereocenters. The molecule has 0 amide bonds. The largest absolute Gasteiger partial charge is 0.504 e. The number of sulfonamides is 1. The van der Waals surface area contributed by atoms with Crippen molar-refractivity contribution >= 4 is 50.7 Å². The zero-order valence-corrected chi connectivity index (χ0v) is 23.5. The van der Waals surface area contributed by atoms with Gasteiger partial charge in [0, 0.05) is 26.2 Å². The Labute approximate surface area is 221 Å². The van der Waals surface area contributed by atoms with Gasteiger partial charge in [-0.15, -0.1) is 0 Å². The second-order valence-corrected chi connectivity index (χ2v) is 12.1. The molecule has 3 aromatic rings. The minimum absolute atomic E-state index is 0.0464. The van der Waals surface area contributed by atoms with Gasteiger partial charge in [-0.1, -0.05) is 32.4 Å². The first-order valence-corrected chi connectivity index (χ1v) is 14.1. The van der Waals surface area contributed by atoms with Gasteiger partial charge in [-0.25, -0.2) is 8.42 Å². The van der Waals surface area contributed by atoms with Crippen molar-refractivity contribution in [2.45, 2.75) is 39.1 Å². The third-order valence-corrected chi connectivity index (χ3v) is 8.03. The van der Waals surface area contributed by atoms with E-state index >= 15 is 0 Å². The van der Waals surface area contributed by atoms with Gasteiger partial charge >= 0.3 is 0 Å². The molecule has 1 saturated heterocycles. The molecule has 0 bridgehead atoms. The predicted molar refractivity (Wildman–Crippen MR) is 144 cm³/mol. The molecule has 1 fully saturated rings. The van der Waals surface area contributed by atoms with E-state index < -0.39 is 15.8 Å². The van der Waals surface area contributed by atoms with Crippen molar-refractivity contribution in [3.8, 4) is 5.75 Å². The highest BCUT2D eigenvalue weighted by Gasteiger charge is 2.33. The highest BCUT2D eigenvalue weighted by molar-refractivity contribution is 7.89. The Morgan fingerprint density at radius 2 is 1.81 bits per heavy atom. The van der Waals surface area contributed by atoms with Crippen LogP contribution in [0.2, 0.25) is 5.02 Å². The summed E-state index contributed by atoms with van der Waals surface area (Å²) < 4.78 is 41.6. The Bertz CT molecular complexity index is 1250. The molecule has 0 aliphatic carbocycles. The summed E-state index contributed by atoms with van der Waals surface area (Å²) in [6, 6.07) is 4.84. The topological polar surface area (TPSA) is 124 Å². The first-order valence-electron chi connectivity index (χ1n) is 11.6. The number of nitrogens with one attached hydrogen (secondary N) is 2. The molecular weight excluding hydrogens is 524 g/mol. The van der Waals surface area contributed by atoms with E-state index in [-0.39, 0.29) is 15.6 Å². The summed E-state index contributed by atoms with van der Waals surface area (Å²) in [4.78, 5) is 1.72. The van der Waals surface area contributed by atoms with Gasteiger partial charge in [-0.3, -0.25) is 0 Å². The van der Waals surface area contributed by atoms with Crippen LogP contribution in [0.4, 0.5) is 17.3 Å². The van der Waals surface area contributed by atoms with E-state index in [4.69, 9.17) is 16.0 Å². The number of phenols is 1. The van der Waals surface area contributed by atoms with Crippen molar-refractivity contribution in [1.82, 2.24) is 18.0 Å². The lowest BCUT2D eigenvalue weighted by atomic mass is 10.3. The molecule has 0 radical (unpaired) electrons. The number of likely N-dealkylation sites (N-methyl/N-ethyl adjacent to an activating group) is 1. The molecule has 10 nitrogen and oxygen atoms in total. The fraction of sp³-hybridized carbons (Fsp3) is 0.478. The molecule has 1 aromatic carbocycles. The minimum Gasteiger partial charge on any atom is -0.504 e. The quantitative estimate of drug-likeness (QED) is 0.353. The molecule has 3 heterocycles. The van der Waals surface area contributed by atoms with E-state index in [0.29, 0.717) is 44.4 Å². The molecule has 36 heavy (non-hydrogen) atoms. The number of hydrogen-bond acceptors (Lipinski definition) is 10. The normalized spacial score (nSPS) is 15.0. The van der Waals surface area contributed by atoms with E-state index in [2.05, 4.69) is 40.2 Å². The highest BCUT2D eigenvalue weighted by atomic mass is 35.5. The second-order valence-electron chi connectivity index (χ2n) is 9.24. The number of aryl methyl sites for hydroxylation is 1. The van der Waals surface area contributed by atoms with E-state index in [1.807, 2.05) is 24.9 Å². The molecule has 198 valence electrons. The third kappa shape index (κ3) is 7.10. The Morgan fingerprint density at radius 3 is 2.42 bits per heavy atom. The number of anilines is 3. The van der Waals surface area contributed by atoms with Crippen molar-refractivity contribution in [3.05, 3.63) is 40.8 Å². The van der Waals surface area contributed by atoms with Crippen LogP contribution in [0.15, 0.2) is 33.8 Å². The summed E-state index contributed by atoms with van der Waals surface area (Å²) in [6.07, 6.45) is 1.66. The van der Waals surface area contributed by atoms with E-state index in [0.717, 1.165) is 29.0 Å². The lowest BCUT2D eigenvalue weighted by molar-refractivity contribution is 0.222. The molecule has 1 aliphatic heterocycles. The van der Waals surface area contributed by atoms with Crippen LogP contribution in [0.1, 0.15) is 32.1 Å². The van der Waals surface area contributed by atoms with Gasteiger partial charge in [0.25, 0.3) is 0 Å². The summed E-state index contributed by atoms with van der Waals surface area (Å²) in [5.74, 6) is 1.90. The molecule has 0 atom stereocenters. The zero-order valence-electron chi connectivity index (χ0n) is 21.1. The Morgan fingerprint density at radius 1 is 1.17 bits per heavy atom. The lowest BCUT2D eigenvalue weighted by Crippen LogP contribution is -2.47. The van der Waals surface area contributed by atoms with E-state index in [9.17, 15) is 13.5 Å². The number of piperazine rings is 1. The summed E-state index contributed by atoms with van der Waals surface area (Å²) >= 11 is 7.19. The van der Waals surface area contributed by atoms with Crippen molar-refractivity contribution < 1.29 is 17.9 Å². The number of rotatable bonds is 7. The van der Waals surface area contributed by atoms with Gasteiger partial charge in [0.2, 0.25) is 10.0 Å². The first-order chi connectivity index (χ1) is 17.0. The number of hydrogen-bond donors (Lipinski definition) is 3. The molecular formula is C23H33ClN6O4S2. The Hall–Kier alpha value is -2.38. The van der Waals surface area contributed by atoms with Crippen molar-refractivity contribution in [3.63, 3.8) is 0 Å². The van der Waals surface area contributed by atoms with E-state index in [1.165, 1.54) is 16.4 Å². The Kier molecular flexibility index (Phi) is 9.59. The molecule has 1 aliphatic rings. The summed E-state index contributed by atoms with van der Waals surface area (Å²) in [7, 11) is -2.05. The third-order valence-electron chi connectivity index (χ3n) is 5.10. The number of benzene rings is 1. The van der Waals surface area contributed by atoms with Crippen LogP contribution in [-0.4, -0.2) is 64.7 Å². The van der Waals surface area contributed by atoms with Crippen LogP contribution in [0.5, 0.6) is 5.75 Å². The average molecular weight is 557 g/mol. The van der Waals surface area contributed by atoms with Gasteiger partial charge in [-0.05, 0) is 43.7 Å². The SMILES string of the molecule is CC(C)C.Cc1coc(CNc2nsnc2Nc2ccc(Cl)c(S(=O)(=O)N3CCN(C)CC3)c2O)c1. The molecule has 2 aromatic heterocycles. The van der Waals surface area contributed by atoms with Crippen molar-refractivity contribution in [2.24, 2.45) is 5.92 Å². The number of nitrogens with zero attached hydrogens (tertiary/aromatic N) is 4. The number of furan rings is 1. The molecule has 3 N–H and O–H groups in total. The molecule has 4 rings (SSSR count). The number of halogens is 1. The predicted octanol–water partition coefficient (Wildman–Crippen LogP) is 4.75. The number of phenolic OH excluding ortho intramolecular Hbond substituents is 1. The maximum Gasteiger partial charge on any atom is 0.248 e. The average Bonchev–Trinajstić information content (AvgIpc) is 3.42. The van der Waals surface area contributed by atoms with Crippen molar-refractivity contribution in [1.29, 1.82) is 0 Å². The van der Waals surface area contributed by atoms with Gasteiger partial charge in [0.05, 0.1) is 35.2 Å². The monoisotopic (exact) mass is 556 g/mol. The van der Waals surface area contributed by atoms with Gasteiger partial charge < -0.3 is 25.1 Å². The smallest absolute Gasteiger partial charge is 0.248 e. The lowest BCUT2D eigenvalue weighted by Gasteiger charge is -2.32. The minimum atomic E-state index is -3.98. The highest BCUT2D eigenvalue weighted by Crippen LogP contribution is 2.40. The molecule has 0 spiro atoms. The van der Waals surface area contributed by atoms with Crippen LogP contribution in [-0.2, 0) is 16.6 Å².